The minimum absolute atomic E-state index is 0.000420. The summed E-state index contributed by atoms with van der Waals surface area (Å²) in [5.41, 5.74) is 0.312. The number of ether oxygens (including phenoxy) is 1. The number of aliphatic hydroxyl groups is 1. The van der Waals surface area contributed by atoms with E-state index in [0.717, 1.165) is 0 Å². The van der Waals surface area contributed by atoms with E-state index in [2.05, 4.69) is 4.74 Å². The van der Waals surface area contributed by atoms with Crippen molar-refractivity contribution in [2.24, 2.45) is 0 Å². The molecule has 0 radical (unpaired) electrons. The lowest BCUT2D eigenvalue weighted by Gasteiger charge is -2.07. The van der Waals surface area contributed by atoms with Gasteiger partial charge in [0.05, 0.1) is 7.11 Å². The molecule has 0 unspecified atom stereocenters. The Hall–Kier alpha value is -1.55. The molecule has 0 fully saturated rings. The van der Waals surface area contributed by atoms with Gasteiger partial charge in [0, 0.05) is 0 Å². The van der Waals surface area contributed by atoms with E-state index in [9.17, 15) is 9.90 Å². The predicted octanol–water partition coefficient (Wildman–Crippen LogP) is 0.599. The van der Waals surface area contributed by atoms with Crippen LogP contribution in [0.3, 0.4) is 0 Å². The van der Waals surface area contributed by atoms with Crippen LogP contribution < -0.4 is 0 Å². The summed E-state index contributed by atoms with van der Waals surface area (Å²) in [4.78, 5) is 10.9. The van der Waals surface area contributed by atoms with Crippen molar-refractivity contribution < 1.29 is 19.7 Å². The predicted molar refractivity (Wildman–Crippen MR) is 45.1 cm³/mol. The number of carbonyl (C=O) groups is 1. The molecule has 0 spiro atoms. The van der Waals surface area contributed by atoms with Crippen LogP contribution in [0.25, 0.3) is 0 Å². The molecule has 1 rings (SSSR count). The average Bonchev–Trinajstić information content (AvgIpc) is 2.15. The zero-order valence-corrected chi connectivity index (χ0v) is 7.10. The van der Waals surface area contributed by atoms with E-state index >= 15 is 0 Å². The summed E-state index contributed by atoms with van der Waals surface area (Å²) in [6, 6.07) is 5.83. The van der Waals surface area contributed by atoms with Crippen molar-refractivity contribution in [2.45, 2.75) is 6.10 Å². The first-order valence-corrected chi connectivity index (χ1v) is 3.70. The van der Waals surface area contributed by atoms with Crippen LogP contribution in [0.4, 0.5) is 0 Å². The van der Waals surface area contributed by atoms with Gasteiger partial charge in [-0.2, -0.15) is 0 Å². The molecule has 4 nitrogen and oxygen atoms in total. The lowest BCUT2D eigenvalue weighted by Crippen LogP contribution is -2.13. The molecule has 70 valence electrons. The molecule has 0 aliphatic carbocycles. The van der Waals surface area contributed by atoms with E-state index in [1.807, 2.05) is 0 Å². The highest BCUT2D eigenvalue weighted by molar-refractivity contribution is 5.76. The van der Waals surface area contributed by atoms with Crippen molar-refractivity contribution in [3.05, 3.63) is 29.8 Å². The first kappa shape index (κ1) is 9.54. The van der Waals surface area contributed by atoms with E-state index in [4.69, 9.17) is 5.11 Å². The SMILES string of the molecule is COC(=O)[C@@H](O)c1cccc(O)c1. The Bertz CT molecular complexity index is 308. The van der Waals surface area contributed by atoms with Crippen molar-refractivity contribution in [2.75, 3.05) is 7.11 Å². The van der Waals surface area contributed by atoms with Gasteiger partial charge in [0.25, 0.3) is 0 Å². The molecule has 0 saturated carbocycles. The fourth-order valence-electron chi connectivity index (χ4n) is 0.943. The Morgan fingerprint density at radius 2 is 2.23 bits per heavy atom. The van der Waals surface area contributed by atoms with Gasteiger partial charge in [0.15, 0.2) is 6.10 Å². The number of phenols is 1. The van der Waals surface area contributed by atoms with E-state index in [1.165, 1.54) is 31.4 Å². The number of benzene rings is 1. The van der Waals surface area contributed by atoms with Gasteiger partial charge in [0.2, 0.25) is 0 Å². The van der Waals surface area contributed by atoms with Crippen LogP contribution >= 0.6 is 0 Å². The summed E-state index contributed by atoms with van der Waals surface area (Å²) in [5, 5.41) is 18.4. The Morgan fingerprint density at radius 3 is 2.77 bits per heavy atom. The van der Waals surface area contributed by atoms with E-state index in [-0.39, 0.29) is 5.75 Å². The first-order valence-electron chi connectivity index (χ1n) is 3.70. The molecule has 0 bridgehead atoms. The number of hydrogen-bond donors (Lipinski definition) is 2. The molecule has 1 aromatic rings. The molecule has 0 aliphatic heterocycles. The maximum Gasteiger partial charge on any atom is 0.339 e. The van der Waals surface area contributed by atoms with Crippen LogP contribution in [0.1, 0.15) is 11.7 Å². The van der Waals surface area contributed by atoms with Gasteiger partial charge in [-0.1, -0.05) is 12.1 Å². The standard InChI is InChI=1S/C9H10O4/c1-13-9(12)8(11)6-3-2-4-7(10)5-6/h2-5,8,10-11H,1H3/t8-/m0/s1. The van der Waals surface area contributed by atoms with Crippen LogP contribution in [0.5, 0.6) is 5.75 Å². The van der Waals surface area contributed by atoms with Crippen molar-refractivity contribution in [3.8, 4) is 5.75 Å². The summed E-state index contributed by atoms with van der Waals surface area (Å²) in [7, 11) is 1.19. The molecule has 1 atom stereocenters. The topological polar surface area (TPSA) is 66.8 Å². The normalized spacial score (nSPS) is 12.2. The summed E-state index contributed by atoms with van der Waals surface area (Å²) < 4.78 is 4.34. The summed E-state index contributed by atoms with van der Waals surface area (Å²) >= 11 is 0. The van der Waals surface area contributed by atoms with Gasteiger partial charge in [-0.15, -0.1) is 0 Å². The summed E-state index contributed by atoms with van der Waals surface area (Å²) in [6.45, 7) is 0. The number of carbonyl (C=O) groups excluding carboxylic acids is 1. The Balaban J connectivity index is 2.88. The highest BCUT2D eigenvalue weighted by Crippen LogP contribution is 2.18. The minimum Gasteiger partial charge on any atom is -0.508 e. The molecule has 0 saturated heterocycles. The van der Waals surface area contributed by atoms with Gasteiger partial charge < -0.3 is 14.9 Å². The van der Waals surface area contributed by atoms with Gasteiger partial charge in [-0.05, 0) is 17.7 Å². The smallest absolute Gasteiger partial charge is 0.339 e. The zero-order chi connectivity index (χ0) is 9.84. The lowest BCUT2D eigenvalue weighted by molar-refractivity contribution is -0.150. The van der Waals surface area contributed by atoms with Crippen molar-refractivity contribution in [3.63, 3.8) is 0 Å². The second kappa shape index (κ2) is 3.91. The van der Waals surface area contributed by atoms with Crippen molar-refractivity contribution in [1.82, 2.24) is 0 Å². The third-order valence-electron chi connectivity index (χ3n) is 1.61. The first-order chi connectivity index (χ1) is 6.15. The van der Waals surface area contributed by atoms with Gasteiger partial charge >= 0.3 is 5.97 Å². The molecular formula is C9H10O4. The van der Waals surface area contributed by atoms with Crippen LogP contribution in [0, 0.1) is 0 Å². The number of phenolic OH excluding ortho intramolecular Hbond substituents is 1. The molecule has 0 amide bonds. The summed E-state index contributed by atoms with van der Waals surface area (Å²) in [6.07, 6.45) is -1.34. The molecule has 0 heterocycles. The minimum atomic E-state index is -1.34. The Labute approximate surface area is 75.4 Å². The van der Waals surface area contributed by atoms with E-state index in [0.29, 0.717) is 5.56 Å². The average molecular weight is 182 g/mol. The Kier molecular flexibility index (Phi) is 2.87. The highest BCUT2D eigenvalue weighted by Gasteiger charge is 2.17. The largest absolute Gasteiger partial charge is 0.508 e. The van der Waals surface area contributed by atoms with E-state index in [1.54, 1.807) is 0 Å². The van der Waals surface area contributed by atoms with E-state index < -0.39 is 12.1 Å². The van der Waals surface area contributed by atoms with Gasteiger partial charge in [-0.25, -0.2) is 4.79 Å². The van der Waals surface area contributed by atoms with Crippen molar-refractivity contribution >= 4 is 5.97 Å². The second-order valence-electron chi connectivity index (χ2n) is 2.52. The second-order valence-corrected chi connectivity index (χ2v) is 2.52. The molecule has 0 aromatic heterocycles. The fourth-order valence-corrected chi connectivity index (χ4v) is 0.943. The highest BCUT2D eigenvalue weighted by atomic mass is 16.5. The third-order valence-corrected chi connectivity index (χ3v) is 1.61. The fraction of sp³-hybridized carbons (Fsp3) is 0.222. The molecule has 1 aromatic carbocycles. The molecule has 0 aliphatic rings. The summed E-state index contributed by atoms with van der Waals surface area (Å²) in [5.74, 6) is -0.744. The Morgan fingerprint density at radius 1 is 1.54 bits per heavy atom. The van der Waals surface area contributed by atoms with Gasteiger partial charge in [-0.3, -0.25) is 0 Å². The number of rotatable bonds is 2. The van der Waals surface area contributed by atoms with Crippen LogP contribution in [0.15, 0.2) is 24.3 Å². The third kappa shape index (κ3) is 2.19. The molecular weight excluding hydrogens is 172 g/mol. The molecule has 13 heavy (non-hydrogen) atoms. The van der Waals surface area contributed by atoms with Crippen molar-refractivity contribution in [1.29, 1.82) is 0 Å². The van der Waals surface area contributed by atoms with Crippen LogP contribution in [-0.2, 0) is 9.53 Å². The monoisotopic (exact) mass is 182 g/mol. The number of aromatic hydroxyl groups is 1. The molecule has 2 N–H and O–H groups in total. The maximum absolute atomic E-state index is 10.9. The quantitative estimate of drug-likeness (QED) is 0.657. The number of methoxy groups -OCH3 is 1. The maximum atomic E-state index is 10.9. The number of aliphatic hydroxyl groups excluding tert-OH is 1. The molecule has 4 heteroatoms. The van der Waals surface area contributed by atoms with Gasteiger partial charge in [0.1, 0.15) is 5.75 Å². The zero-order valence-electron chi connectivity index (χ0n) is 7.10. The lowest BCUT2D eigenvalue weighted by atomic mass is 10.1. The number of hydrogen-bond acceptors (Lipinski definition) is 4. The van der Waals surface area contributed by atoms with Crippen LogP contribution in [-0.4, -0.2) is 23.3 Å². The van der Waals surface area contributed by atoms with Crippen LogP contribution in [0.2, 0.25) is 0 Å². The number of esters is 1.